The van der Waals surface area contributed by atoms with E-state index in [0.29, 0.717) is 12.4 Å². The van der Waals surface area contributed by atoms with Gasteiger partial charge in [-0.25, -0.2) is 0 Å². The smallest absolute Gasteiger partial charge is 0.149 e. The topological polar surface area (TPSA) is 45.1 Å². The second-order valence-corrected chi connectivity index (χ2v) is 7.33. The summed E-state index contributed by atoms with van der Waals surface area (Å²) < 4.78 is 5.46. The highest BCUT2D eigenvalue weighted by molar-refractivity contribution is 8.03. The third-order valence-electron chi connectivity index (χ3n) is 4.00. The van der Waals surface area contributed by atoms with Gasteiger partial charge < -0.3 is 14.7 Å². The van der Waals surface area contributed by atoms with Crippen molar-refractivity contribution in [3.05, 3.63) is 65.7 Å². The number of para-hydroxylation sites is 1. The molecular weight excluding hydrogens is 344 g/mol. The molecule has 0 radical (unpaired) electrons. The zero-order valence-electron chi connectivity index (χ0n) is 15.3. The SMILES string of the molecule is CCOc1ccc(N=C(C)/C=C2\SC[C@@](C)(O)N2c2ccccc2)cc1. The fourth-order valence-corrected chi connectivity index (χ4v) is 4.10. The maximum absolute atomic E-state index is 10.8. The molecule has 1 saturated heterocycles. The molecular formula is C21H24N2O2S. The van der Waals surface area contributed by atoms with Crippen molar-refractivity contribution in [1.29, 1.82) is 0 Å². The normalized spacial score (nSPS) is 22.1. The minimum Gasteiger partial charge on any atom is -0.494 e. The first-order valence-corrected chi connectivity index (χ1v) is 9.68. The van der Waals surface area contributed by atoms with Crippen LogP contribution in [-0.4, -0.2) is 28.9 Å². The van der Waals surface area contributed by atoms with Gasteiger partial charge in [0.05, 0.1) is 17.3 Å². The minimum absolute atomic E-state index is 0.615. The van der Waals surface area contributed by atoms with E-state index in [1.807, 2.05) is 86.3 Å². The number of thioether (sulfide) groups is 1. The third kappa shape index (κ3) is 4.29. The fourth-order valence-electron chi connectivity index (χ4n) is 2.86. The minimum atomic E-state index is -0.919. The molecule has 0 unspecified atom stereocenters. The quantitative estimate of drug-likeness (QED) is 0.756. The summed E-state index contributed by atoms with van der Waals surface area (Å²) in [4.78, 5) is 6.63. The van der Waals surface area contributed by atoms with Crippen molar-refractivity contribution in [2.45, 2.75) is 26.5 Å². The Morgan fingerprint density at radius 2 is 1.92 bits per heavy atom. The highest BCUT2D eigenvalue weighted by atomic mass is 32.2. The number of nitrogens with zero attached hydrogens (tertiary/aromatic N) is 2. The lowest BCUT2D eigenvalue weighted by molar-refractivity contribution is 0.0950. The zero-order chi connectivity index (χ0) is 18.6. The highest BCUT2D eigenvalue weighted by Gasteiger charge is 2.38. The second kappa shape index (κ2) is 7.98. The molecule has 5 heteroatoms. The first kappa shape index (κ1) is 18.5. The summed E-state index contributed by atoms with van der Waals surface area (Å²) in [5, 5.41) is 11.8. The number of aliphatic hydroxyl groups is 1. The number of benzene rings is 2. The Balaban J connectivity index is 1.85. The van der Waals surface area contributed by atoms with Gasteiger partial charge in [0.15, 0.2) is 0 Å². The van der Waals surface area contributed by atoms with Crippen LogP contribution in [0, 0.1) is 0 Å². The molecule has 0 saturated carbocycles. The average molecular weight is 369 g/mol. The molecule has 0 aliphatic carbocycles. The lowest BCUT2D eigenvalue weighted by Gasteiger charge is -2.31. The van der Waals surface area contributed by atoms with E-state index in [4.69, 9.17) is 4.74 Å². The van der Waals surface area contributed by atoms with Crippen molar-refractivity contribution >= 4 is 28.8 Å². The summed E-state index contributed by atoms with van der Waals surface area (Å²) in [6.07, 6.45) is 2.02. The summed E-state index contributed by atoms with van der Waals surface area (Å²) in [6.45, 7) is 6.43. The predicted octanol–water partition coefficient (Wildman–Crippen LogP) is 4.98. The predicted molar refractivity (Wildman–Crippen MR) is 110 cm³/mol. The Hall–Kier alpha value is -2.24. The van der Waals surface area contributed by atoms with Gasteiger partial charge in [0.25, 0.3) is 0 Å². The van der Waals surface area contributed by atoms with Crippen LogP contribution in [0.5, 0.6) is 5.75 Å². The van der Waals surface area contributed by atoms with Crippen molar-refractivity contribution in [1.82, 2.24) is 0 Å². The van der Waals surface area contributed by atoms with Gasteiger partial charge >= 0.3 is 0 Å². The van der Waals surface area contributed by atoms with Crippen LogP contribution in [0.4, 0.5) is 11.4 Å². The fraction of sp³-hybridized carbons (Fsp3) is 0.286. The molecule has 1 aliphatic rings. The molecule has 136 valence electrons. The summed E-state index contributed by atoms with van der Waals surface area (Å²) in [5.74, 6) is 1.46. The molecule has 3 rings (SSSR count). The van der Waals surface area contributed by atoms with Crippen LogP contribution < -0.4 is 9.64 Å². The van der Waals surface area contributed by atoms with Crippen LogP contribution in [0.3, 0.4) is 0 Å². The number of hydrogen-bond acceptors (Lipinski definition) is 5. The highest BCUT2D eigenvalue weighted by Crippen LogP contribution is 2.41. The lowest BCUT2D eigenvalue weighted by Crippen LogP contribution is -2.42. The molecule has 1 N–H and O–H groups in total. The Bertz CT molecular complexity index is 799. The van der Waals surface area contributed by atoms with E-state index in [0.717, 1.165) is 27.9 Å². The van der Waals surface area contributed by atoms with Gasteiger partial charge in [-0.15, -0.1) is 11.8 Å². The van der Waals surface area contributed by atoms with E-state index in [1.165, 1.54) is 0 Å². The maximum Gasteiger partial charge on any atom is 0.149 e. The molecule has 0 spiro atoms. The molecule has 0 amide bonds. The zero-order valence-corrected chi connectivity index (χ0v) is 16.2. The van der Waals surface area contributed by atoms with Gasteiger partial charge in [-0.3, -0.25) is 4.99 Å². The molecule has 0 bridgehead atoms. The van der Waals surface area contributed by atoms with Crippen molar-refractivity contribution in [3.8, 4) is 5.75 Å². The van der Waals surface area contributed by atoms with Crippen LogP contribution in [0.25, 0.3) is 0 Å². The van der Waals surface area contributed by atoms with E-state index in [-0.39, 0.29) is 0 Å². The summed E-state index contributed by atoms with van der Waals surface area (Å²) >= 11 is 1.64. The maximum atomic E-state index is 10.8. The van der Waals surface area contributed by atoms with Crippen molar-refractivity contribution in [2.75, 3.05) is 17.3 Å². The standard InChI is InChI=1S/C21H24N2O2S/c1-4-25-19-12-10-17(11-13-19)22-16(2)14-20-23(21(3,24)15-26-20)18-8-6-5-7-9-18/h5-14,24H,4,15H2,1-3H3/b20-14-,22-16?/t21-/m1/s1. The molecule has 2 aromatic carbocycles. The van der Waals surface area contributed by atoms with Crippen molar-refractivity contribution in [2.24, 2.45) is 4.99 Å². The molecule has 1 fully saturated rings. The molecule has 26 heavy (non-hydrogen) atoms. The number of ether oxygens (including phenoxy) is 1. The summed E-state index contributed by atoms with van der Waals surface area (Å²) in [5.41, 5.74) is 1.82. The number of anilines is 1. The van der Waals surface area contributed by atoms with Gasteiger partial charge in [-0.05, 0) is 63.2 Å². The number of allylic oxidation sites excluding steroid dienone is 1. The van der Waals surface area contributed by atoms with Gasteiger partial charge in [0, 0.05) is 17.2 Å². The molecule has 4 nitrogen and oxygen atoms in total. The van der Waals surface area contributed by atoms with E-state index in [1.54, 1.807) is 11.8 Å². The van der Waals surface area contributed by atoms with Crippen LogP contribution in [-0.2, 0) is 0 Å². The summed E-state index contributed by atoms with van der Waals surface area (Å²) in [6, 6.07) is 17.7. The Morgan fingerprint density at radius 1 is 1.23 bits per heavy atom. The lowest BCUT2D eigenvalue weighted by atomic mass is 10.2. The molecule has 2 aromatic rings. The van der Waals surface area contributed by atoms with Crippen LogP contribution in [0.2, 0.25) is 0 Å². The first-order valence-electron chi connectivity index (χ1n) is 8.70. The second-order valence-electron chi connectivity index (χ2n) is 6.34. The van der Waals surface area contributed by atoms with Crippen LogP contribution >= 0.6 is 11.8 Å². The number of rotatable bonds is 5. The van der Waals surface area contributed by atoms with E-state index >= 15 is 0 Å². The monoisotopic (exact) mass is 368 g/mol. The van der Waals surface area contributed by atoms with Crippen molar-refractivity contribution in [3.63, 3.8) is 0 Å². The van der Waals surface area contributed by atoms with Crippen LogP contribution in [0.15, 0.2) is 70.7 Å². The Morgan fingerprint density at radius 3 is 2.58 bits per heavy atom. The van der Waals surface area contributed by atoms with Gasteiger partial charge in [-0.1, -0.05) is 18.2 Å². The van der Waals surface area contributed by atoms with Crippen LogP contribution in [0.1, 0.15) is 20.8 Å². The molecule has 1 heterocycles. The van der Waals surface area contributed by atoms with E-state index < -0.39 is 5.72 Å². The van der Waals surface area contributed by atoms with Gasteiger partial charge in [-0.2, -0.15) is 0 Å². The van der Waals surface area contributed by atoms with Crippen molar-refractivity contribution < 1.29 is 9.84 Å². The van der Waals surface area contributed by atoms with Gasteiger partial charge in [0.1, 0.15) is 11.5 Å². The third-order valence-corrected chi connectivity index (χ3v) is 5.28. The Kier molecular flexibility index (Phi) is 5.69. The largest absolute Gasteiger partial charge is 0.494 e. The number of hydrogen-bond donors (Lipinski definition) is 1. The molecule has 1 atom stereocenters. The first-order chi connectivity index (χ1) is 12.5. The molecule has 1 aliphatic heterocycles. The average Bonchev–Trinajstić information content (AvgIpc) is 2.92. The van der Waals surface area contributed by atoms with Gasteiger partial charge in [0.2, 0.25) is 0 Å². The molecule has 0 aromatic heterocycles. The number of aliphatic imine (C=N–C) groups is 1. The van der Waals surface area contributed by atoms with E-state index in [9.17, 15) is 5.11 Å². The Labute approximate surface area is 159 Å². The van der Waals surface area contributed by atoms with E-state index in [2.05, 4.69) is 4.99 Å². The summed E-state index contributed by atoms with van der Waals surface area (Å²) in [7, 11) is 0.